The van der Waals surface area contributed by atoms with E-state index in [-0.39, 0.29) is 12.0 Å². The molecule has 1 heterocycles. The van der Waals surface area contributed by atoms with Crippen LogP contribution >= 0.6 is 15.9 Å². The number of primary sulfonamides is 1. The summed E-state index contributed by atoms with van der Waals surface area (Å²) in [7, 11) is -3.64. The van der Waals surface area contributed by atoms with Crippen LogP contribution in [0, 0.1) is 5.92 Å². The van der Waals surface area contributed by atoms with Gasteiger partial charge in [-0.15, -0.1) is 0 Å². The maximum Gasteiger partial charge on any atom is 0.214 e. The molecule has 21 heavy (non-hydrogen) atoms. The zero-order chi connectivity index (χ0) is 15.7. The van der Waals surface area contributed by atoms with Gasteiger partial charge in [0.25, 0.3) is 0 Å². The molecule has 1 aliphatic rings. The molecule has 0 aromatic carbocycles. The third-order valence-electron chi connectivity index (χ3n) is 4.32. The Bertz CT molecular complexity index is 587. The van der Waals surface area contributed by atoms with Gasteiger partial charge in [0.05, 0.1) is 10.9 Å². The third-order valence-corrected chi connectivity index (χ3v) is 6.55. The lowest BCUT2D eigenvalue weighted by Crippen LogP contribution is -2.51. The lowest BCUT2D eigenvalue weighted by Gasteiger charge is -2.40. The Balaban J connectivity index is 2.21. The summed E-state index contributed by atoms with van der Waals surface area (Å²) in [4.78, 5) is 4.13. The van der Waals surface area contributed by atoms with Gasteiger partial charge in [-0.3, -0.25) is 0 Å². The second-order valence-corrected chi connectivity index (χ2v) is 8.97. The average Bonchev–Trinajstić information content (AvgIpc) is 2.40. The number of pyridine rings is 1. The van der Waals surface area contributed by atoms with Crippen LogP contribution in [0.1, 0.15) is 39.5 Å². The van der Waals surface area contributed by atoms with Crippen LogP contribution in [0.2, 0.25) is 0 Å². The van der Waals surface area contributed by atoms with Gasteiger partial charge in [-0.2, -0.15) is 0 Å². The number of hydrogen-bond acceptors (Lipinski definition) is 4. The molecule has 0 amide bonds. The molecule has 0 spiro atoms. The highest BCUT2D eigenvalue weighted by Gasteiger charge is 2.45. The molecule has 1 aliphatic carbocycles. The van der Waals surface area contributed by atoms with Gasteiger partial charge in [-0.1, -0.05) is 6.42 Å². The molecule has 0 saturated heterocycles. The van der Waals surface area contributed by atoms with E-state index in [1.54, 1.807) is 26.1 Å². The predicted molar refractivity (Wildman–Crippen MR) is 85.5 cm³/mol. The van der Waals surface area contributed by atoms with E-state index in [0.717, 1.165) is 30.3 Å². The maximum absolute atomic E-state index is 11.9. The molecule has 2 N–H and O–H groups in total. The maximum atomic E-state index is 11.9. The fraction of sp³-hybridized carbons (Fsp3) is 0.643. The molecule has 1 aromatic heterocycles. The predicted octanol–water partition coefficient (Wildman–Crippen LogP) is 2.85. The largest absolute Gasteiger partial charge is 0.488 e. The number of sulfonamides is 1. The molecule has 118 valence electrons. The number of hydrogen-bond donors (Lipinski definition) is 1. The fourth-order valence-electron chi connectivity index (χ4n) is 2.85. The van der Waals surface area contributed by atoms with Crippen molar-refractivity contribution in [1.29, 1.82) is 0 Å². The molecule has 0 aliphatic heterocycles. The van der Waals surface area contributed by atoms with Crippen molar-refractivity contribution in [3.05, 3.63) is 22.9 Å². The van der Waals surface area contributed by atoms with Crippen LogP contribution in [0.4, 0.5) is 0 Å². The zero-order valence-corrected chi connectivity index (χ0v) is 14.7. The lowest BCUT2D eigenvalue weighted by molar-refractivity contribution is 0.0731. The summed E-state index contributed by atoms with van der Waals surface area (Å²) in [5.74, 6) is 0.533. The summed E-state index contributed by atoms with van der Waals surface area (Å²) in [6, 6.07) is 3.63. The lowest BCUT2D eigenvalue weighted by atomic mass is 9.78. The van der Waals surface area contributed by atoms with Gasteiger partial charge < -0.3 is 4.74 Å². The van der Waals surface area contributed by atoms with Crippen LogP contribution in [-0.4, -0.2) is 24.3 Å². The quantitative estimate of drug-likeness (QED) is 0.818. The third kappa shape index (κ3) is 3.76. The van der Waals surface area contributed by atoms with Crippen molar-refractivity contribution >= 4 is 26.0 Å². The molecule has 0 radical (unpaired) electrons. The summed E-state index contributed by atoms with van der Waals surface area (Å²) < 4.78 is 29.5. The first-order chi connectivity index (χ1) is 9.72. The van der Waals surface area contributed by atoms with Crippen LogP contribution in [0.25, 0.3) is 0 Å². The van der Waals surface area contributed by atoms with E-state index in [0.29, 0.717) is 5.75 Å². The highest BCUT2D eigenvalue weighted by molar-refractivity contribution is 9.10. The zero-order valence-electron chi connectivity index (χ0n) is 12.3. The van der Waals surface area contributed by atoms with Gasteiger partial charge in [0.2, 0.25) is 10.0 Å². The van der Waals surface area contributed by atoms with Gasteiger partial charge in [0.1, 0.15) is 16.5 Å². The highest BCUT2D eigenvalue weighted by Crippen LogP contribution is 2.38. The molecule has 0 unspecified atom stereocenters. The monoisotopic (exact) mass is 376 g/mol. The Morgan fingerprint density at radius 3 is 2.57 bits per heavy atom. The number of ether oxygens (including phenoxy) is 1. The number of rotatable bonds is 4. The van der Waals surface area contributed by atoms with Crippen LogP contribution in [0.15, 0.2) is 22.9 Å². The van der Waals surface area contributed by atoms with Crippen molar-refractivity contribution in [2.45, 2.75) is 50.4 Å². The number of nitrogens with two attached hydrogens (primary N) is 1. The van der Waals surface area contributed by atoms with Crippen LogP contribution in [0.3, 0.4) is 0 Å². The normalized spacial score (nSPS) is 23.8. The molecule has 2 rings (SSSR count). The summed E-state index contributed by atoms with van der Waals surface area (Å²) in [6.07, 6.45) is 5.15. The van der Waals surface area contributed by atoms with E-state index >= 15 is 0 Å². The topological polar surface area (TPSA) is 82.3 Å². The number of halogens is 1. The highest BCUT2D eigenvalue weighted by atomic mass is 79.9. The van der Waals surface area contributed by atoms with E-state index in [1.165, 1.54) is 0 Å². The van der Waals surface area contributed by atoms with E-state index < -0.39 is 14.8 Å². The second kappa shape index (κ2) is 6.22. The minimum absolute atomic E-state index is 0.120. The Hall–Kier alpha value is -0.660. The van der Waals surface area contributed by atoms with E-state index in [9.17, 15) is 8.42 Å². The molecule has 0 bridgehead atoms. The van der Waals surface area contributed by atoms with Crippen molar-refractivity contribution in [2.24, 2.45) is 11.1 Å². The van der Waals surface area contributed by atoms with Gasteiger partial charge >= 0.3 is 0 Å². The second-order valence-electron chi connectivity index (χ2n) is 6.01. The summed E-state index contributed by atoms with van der Waals surface area (Å²) in [6.45, 7) is 3.38. The Kier molecular flexibility index (Phi) is 4.95. The summed E-state index contributed by atoms with van der Waals surface area (Å²) in [5, 5.41) is 5.42. The Morgan fingerprint density at radius 2 is 2.00 bits per heavy atom. The van der Waals surface area contributed by atoms with Crippen molar-refractivity contribution in [3.8, 4) is 5.75 Å². The van der Waals surface area contributed by atoms with Gasteiger partial charge in [-0.05, 0) is 61.2 Å². The van der Waals surface area contributed by atoms with Gasteiger partial charge in [-0.25, -0.2) is 18.5 Å². The molecule has 1 saturated carbocycles. The molecule has 7 heteroatoms. The molecule has 1 fully saturated rings. The van der Waals surface area contributed by atoms with Crippen molar-refractivity contribution in [2.75, 3.05) is 0 Å². The SMILES string of the molecule is CC(C)([C@H]1CCCC[C@H]1Oc1ccc(Br)nc1)S(N)(=O)=O. The Labute approximate surface area is 134 Å². The minimum atomic E-state index is -3.64. The van der Waals surface area contributed by atoms with Crippen molar-refractivity contribution < 1.29 is 13.2 Å². The summed E-state index contributed by atoms with van der Waals surface area (Å²) in [5.41, 5.74) is 0. The van der Waals surface area contributed by atoms with Crippen LogP contribution < -0.4 is 9.88 Å². The van der Waals surface area contributed by atoms with E-state index in [2.05, 4.69) is 20.9 Å². The molecular formula is C14H21BrN2O3S. The first kappa shape index (κ1) is 16.7. The van der Waals surface area contributed by atoms with Crippen LogP contribution in [0.5, 0.6) is 5.75 Å². The van der Waals surface area contributed by atoms with E-state index in [4.69, 9.17) is 9.88 Å². The molecule has 5 nitrogen and oxygen atoms in total. The van der Waals surface area contributed by atoms with E-state index in [1.807, 2.05) is 6.07 Å². The van der Waals surface area contributed by atoms with Crippen molar-refractivity contribution in [3.63, 3.8) is 0 Å². The standard InChI is InChI=1S/C14H21BrN2O3S/c1-14(2,21(16,18)19)11-5-3-4-6-12(11)20-10-7-8-13(15)17-9-10/h7-9,11-12H,3-6H2,1-2H3,(H2,16,18,19)/t11-,12+/m0/s1. The van der Waals surface area contributed by atoms with Gasteiger partial charge in [0.15, 0.2) is 0 Å². The Morgan fingerprint density at radius 1 is 1.33 bits per heavy atom. The molecule has 1 aromatic rings. The number of nitrogens with zero attached hydrogens (tertiary/aromatic N) is 1. The summed E-state index contributed by atoms with van der Waals surface area (Å²) >= 11 is 3.28. The molecular weight excluding hydrogens is 356 g/mol. The number of aromatic nitrogens is 1. The first-order valence-corrected chi connectivity index (χ1v) is 9.36. The van der Waals surface area contributed by atoms with Crippen molar-refractivity contribution in [1.82, 2.24) is 4.98 Å². The fourth-order valence-corrected chi connectivity index (χ4v) is 3.78. The van der Waals surface area contributed by atoms with Crippen LogP contribution in [-0.2, 0) is 10.0 Å². The smallest absolute Gasteiger partial charge is 0.214 e. The average molecular weight is 377 g/mol. The minimum Gasteiger partial charge on any atom is -0.488 e. The van der Waals surface area contributed by atoms with Gasteiger partial charge in [0, 0.05) is 5.92 Å². The first-order valence-electron chi connectivity index (χ1n) is 7.02. The molecule has 2 atom stereocenters.